The van der Waals surface area contributed by atoms with Crippen LogP contribution in [0, 0.1) is 5.92 Å². The fourth-order valence-corrected chi connectivity index (χ4v) is 4.40. The van der Waals surface area contributed by atoms with Gasteiger partial charge >= 0.3 is 0 Å². The summed E-state index contributed by atoms with van der Waals surface area (Å²) in [6.45, 7) is 3.96. The first-order valence-corrected chi connectivity index (χ1v) is 8.78. The van der Waals surface area contributed by atoms with Crippen LogP contribution in [0.25, 0.3) is 0 Å². The van der Waals surface area contributed by atoms with E-state index in [0.717, 1.165) is 32.2 Å². The van der Waals surface area contributed by atoms with Crippen molar-refractivity contribution in [3.05, 3.63) is 22.4 Å². The van der Waals surface area contributed by atoms with Gasteiger partial charge in [0.05, 0.1) is 12.7 Å². The molecular formula is C16H26N2OS. The van der Waals surface area contributed by atoms with E-state index in [1.54, 1.807) is 0 Å². The Bertz CT molecular complexity index is 389. The monoisotopic (exact) mass is 294 g/mol. The number of ether oxygens (including phenoxy) is 1. The predicted octanol–water partition coefficient (Wildman–Crippen LogP) is 2.90. The van der Waals surface area contributed by atoms with Crippen molar-refractivity contribution in [3.63, 3.8) is 0 Å². The second-order valence-corrected chi connectivity index (χ2v) is 7.18. The molecule has 0 spiro atoms. The molecule has 1 aromatic heterocycles. The molecule has 20 heavy (non-hydrogen) atoms. The van der Waals surface area contributed by atoms with Crippen molar-refractivity contribution in [3.8, 4) is 0 Å². The maximum absolute atomic E-state index is 5.88. The first-order chi connectivity index (χ1) is 9.83. The van der Waals surface area contributed by atoms with Crippen LogP contribution in [-0.2, 0) is 4.74 Å². The van der Waals surface area contributed by atoms with Crippen molar-refractivity contribution in [2.75, 3.05) is 33.3 Å². The molecule has 112 valence electrons. The van der Waals surface area contributed by atoms with Gasteiger partial charge in [-0.1, -0.05) is 18.9 Å². The number of nitrogens with one attached hydrogen (secondary N) is 1. The highest BCUT2D eigenvalue weighted by molar-refractivity contribution is 7.10. The summed E-state index contributed by atoms with van der Waals surface area (Å²) < 4.78 is 5.88. The molecule has 0 radical (unpaired) electrons. The van der Waals surface area contributed by atoms with Gasteiger partial charge in [0.1, 0.15) is 0 Å². The minimum atomic E-state index is 0.345. The second-order valence-electron chi connectivity index (χ2n) is 6.20. The molecule has 0 aromatic carbocycles. The quantitative estimate of drug-likeness (QED) is 0.904. The molecule has 1 aliphatic heterocycles. The Kier molecular flexibility index (Phi) is 5.10. The summed E-state index contributed by atoms with van der Waals surface area (Å²) in [7, 11) is 2.18. The number of morpholine rings is 1. The summed E-state index contributed by atoms with van der Waals surface area (Å²) >= 11 is 1.89. The molecule has 1 aliphatic carbocycles. The number of hydrogen-bond donors (Lipinski definition) is 1. The minimum Gasteiger partial charge on any atom is -0.374 e. The standard InChI is InChI=1S/C16H26N2OS/c1-18-8-9-19-14(12-18)11-17-16(13-5-2-3-6-13)15-7-4-10-20-15/h4,7,10,13-14,16-17H,2-3,5-6,8-9,11-12H2,1H3. The average Bonchev–Trinajstić information content (AvgIpc) is 3.12. The topological polar surface area (TPSA) is 24.5 Å². The van der Waals surface area contributed by atoms with Crippen molar-refractivity contribution < 1.29 is 4.74 Å². The fraction of sp³-hybridized carbons (Fsp3) is 0.750. The van der Waals surface area contributed by atoms with Gasteiger partial charge in [0.2, 0.25) is 0 Å². The third kappa shape index (κ3) is 3.61. The van der Waals surface area contributed by atoms with E-state index in [9.17, 15) is 0 Å². The van der Waals surface area contributed by atoms with Crippen LogP contribution < -0.4 is 5.32 Å². The summed E-state index contributed by atoms with van der Waals surface area (Å²) in [5.74, 6) is 0.815. The number of hydrogen-bond acceptors (Lipinski definition) is 4. The van der Waals surface area contributed by atoms with Crippen LogP contribution in [-0.4, -0.2) is 44.3 Å². The lowest BCUT2D eigenvalue weighted by molar-refractivity contribution is -0.0200. The van der Waals surface area contributed by atoms with Gasteiger partial charge in [-0.25, -0.2) is 0 Å². The van der Waals surface area contributed by atoms with Gasteiger partial charge in [-0.15, -0.1) is 11.3 Å². The van der Waals surface area contributed by atoms with Gasteiger partial charge < -0.3 is 15.0 Å². The van der Waals surface area contributed by atoms with Gasteiger partial charge in [0.25, 0.3) is 0 Å². The first-order valence-electron chi connectivity index (χ1n) is 7.90. The van der Waals surface area contributed by atoms with Crippen LogP contribution in [0.2, 0.25) is 0 Å². The lowest BCUT2D eigenvalue weighted by atomic mass is 9.96. The van der Waals surface area contributed by atoms with E-state index < -0.39 is 0 Å². The Morgan fingerprint density at radius 3 is 3.00 bits per heavy atom. The van der Waals surface area contributed by atoms with Crippen LogP contribution in [0.15, 0.2) is 17.5 Å². The molecule has 2 unspecified atom stereocenters. The number of rotatable bonds is 5. The minimum absolute atomic E-state index is 0.345. The van der Waals surface area contributed by atoms with Crippen LogP contribution in [0.4, 0.5) is 0 Å². The van der Waals surface area contributed by atoms with Crippen molar-refractivity contribution in [2.45, 2.75) is 37.8 Å². The molecule has 2 atom stereocenters. The molecule has 0 bridgehead atoms. The zero-order chi connectivity index (χ0) is 13.8. The van der Waals surface area contributed by atoms with Gasteiger partial charge in [-0.2, -0.15) is 0 Å². The zero-order valence-electron chi connectivity index (χ0n) is 12.4. The average molecular weight is 294 g/mol. The summed E-state index contributed by atoms with van der Waals surface area (Å²) in [5, 5.41) is 6.01. The Morgan fingerprint density at radius 1 is 1.45 bits per heavy atom. The zero-order valence-corrected chi connectivity index (χ0v) is 13.2. The Morgan fingerprint density at radius 2 is 2.30 bits per heavy atom. The van der Waals surface area contributed by atoms with E-state index in [1.165, 1.54) is 30.6 Å². The van der Waals surface area contributed by atoms with Crippen LogP contribution in [0.5, 0.6) is 0 Å². The molecule has 3 nitrogen and oxygen atoms in total. The molecule has 4 heteroatoms. The maximum atomic E-state index is 5.88. The van der Waals surface area contributed by atoms with E-state index >= 15 is 0 Å². The largest absolute Gasteiger partial charge is 0.374 e. The predicted molar refractivity (Wildman–Crippen MR) is 84.3 cm³/mol. The summed E-state index contributed by atoms with van der Waals surface area (Å²) in [4.78, 5) is 3.87. The lowest BCUT2D eigenvalue weighted by Gasteiger charge is -2.32. The molecule has 1 aromatic rings. The molecular weight excluding hydrogens is 268 g/mol. The van der Waals surface area contributed by atoms with E-state index in [4.69, 9.17) is 4.74 Å². The fourth-order valence-electron chi connectivity index (χ4n) is 3.51. The number of thiophene rings is 1. The van der Waals surface area contributed by atoms with Gasteiger partial charge in [-0.3, -0.25) is 0 Å². The number of nitrogens with zero attached hydrogens (tertiary/aromatic N) is 1. The lowest BCUT2D eigenvalue weighted by Crippen LogP contribution is -2.46. The highest BCUT2D eigenvalue weighted by atomic mass is 32.1. The highest BCUT2D eigenvalue weighted by Gasteiger charge is 2.28. The third-order valence-corrected chi connectivity index (χ3v) is 5.58. The summed E-state index contributed by atoms with van der Waals surface area (Å²) in [5.41, 5.74) is 0. The van der Waals surface area contributed by atoms with Gasteiger partial charge in [0, 0.05) is 30.6 Å². The van der Waals surface area contributed by atoms with Crippen molar-refractivity contribution >= 4 is 11.3 Å². The van der Waals surface area contributed by atoms with Gasteiger partial charge in [0.15, 0.2) is 0 Å². The van der Waals surface area contributed by atoms with Crippen molar-refractivity contribution in [1.82, 2.24) is 10.2 Å². The summed E-state index contributed by atoms with van der Waals surface area (Å²) in [6.07, 6.45) is 5.90. The van der Waals surface area contributed by atoms with E-state index in [0.29, 0.717) is 12.1 Å². The van der Waals surface area contributed by atoms with Crippen molar-refractivity contribution in [1.29, 1.82) is 0 Å². The summed E-state index contributed by atoms with van der Waals surface area (Å²) in [6, 6.07) is 5.00. The Balaban J connectivity index is 1.58. The molecule has 1 saturated heterocycles. The van der Waals surface area contributed by atoms with Crippen molar-refractivity contribution in [2.24, 2.45) is 5.92 Å². The smallest absolute Gasteiger partial charge is 0.0826 e. The normalized spacial score (nSPS) is 26.9. The third-order valence-electron chi connectivity index (χ3n) is 4.63. The van der Waals surface area contributed by atoms with Crippen LogP contribution >= 0.6 is 11.3 Å². The van der Waals surface area contributed by atoms with E-state index in [2.05, 4.69) is 34.8 Å². The SMILES string of the molecule is CN1CCOC(CNC(c2cccs2)C2CCCC2)C1. The molecule has 3 rings (SSSR count). The molecule has 1 saturated carbocycles. The van der Waals surface area contributed by atoms with Gasteiger partial charge in [-0.05, 0) is 37.3 Å². The molecule has 2 fully saturated rings. The molecule has 2 heterocycles. The Labute approximate surface area is 126 Å². The highest BCUT2D eigenvalue weighted by Crippen LogP contribution is 2.37. The molecule has 1 N–H and O–H groups in total. The van der Waals surface area contributed by atoms with Crippen LogP contribution in [0.3, 0.4) is 0 Å². The van der Waals surface area contributed by atoms with Crippen LogP contribution in [0.1, 0.15) is 36.6 Å². The van der Waals surface area contributed by atoms with E-state index in [1.807, 2.05) is 11.3 Å². The maximum Gasteiger partial charge on any atom is 0.0826 e. The molecule has 2 aliphatic rings. The first kappa shape index (κ1) is 14.5. The second kappa shape index (κ2) is 7.03. The van der Waals surface area contributed by atoms with E-state index in [-0.39, 0.29) is 0 Å². The number of likely N-dealkylation sites (N-methyl/N-ethyl adjacent to an activating group) is 1. The Hall–Kier alpha value is -0.420. The molecule has 0 amide bonds.